The maximum atomic E-state index is 3.06. The van der Waals surface area contributed by atoms with Gasteiger partial charge in [-0.2, -0.15) is 17.5 Å². The first kappa shape index (κ1) is 11.3. The van der Waals surface area contributed by atoms with Gasteiger partial charge in [0.25, 0.3) is 0 Å². The number of hydrogen-bond donors (Lipinski definition) is 1. The molecule has 0 aliphatic heterocycles. The number of hydrogen-bond acceptors (Lipinski definition) is 0. The molecule has 0 unspecified atom stereocenters. The summed E-state index contributed by atoms with van der Waals surface area (Å²) in [7, 11) is 0. The zero-order valence-electron chi connectivity index (χ0n) is 5.97. The molecule has 3 heteroatoms. The predicted molar refractivity (Wildman–Crippen MR) is 42.9 cm³/mol. The largest absolute Gasteiger partial charge is 2.00 e. The van der Waals surface area contributed by atoms with Gasteiger partial charge in [0.15, 0.2) is 0 Å². The van der Waals surface area contributed by atoms with Crippen molar-refractivity contribution in [3.05, 3.63) is 36.5 Å². The second-order valence-corrected chi connectivity index (χ2v) is 1.98. The molecule has 11 heavy (non-hydrogen) atoms. The molecule has 1 nitrogen and oxygen atoms in total. The van der Waals surface area contributed by atoms with Crippen LogP contribution in [0.3, 0.4) is 0 Å². The van der Waals surface area contributed by atoms with Crippen LogP contribution in [0.25, 0.3) is 10.9 Å². The molecule has 0 amide bonds. The van der Waals surface area contributed by atoms with E-state index in [1.165, 1.54) is 0 Å². The fraction of sp³-hybridized carbons (Fsp3) is 0. The van der Waals surface area contributed by atoms with Gasteiger partial charge in [0.2, 0.25) is 0 Å². The standard InChI is InChI=1S/C8H6N.HI.Mg/c1-2-4-8-7(3-1)5-6-9-8;;/h1-4,6,9H;1H;/q-1;;+2/p-1. The van der Waals surface area contributed by atoms with Crippen molar-refractivity contribution in [1.82, 2.24) is 4.98 Å². The third-order valence-corrected chi connectivity index (χ3v) is 1.38. The molecule has 0 radical (unpaired) electrons. The van der Waals surface area contributed by atoms with E-state index in [1.807, 2.05) is 30.5 Å². The summed E-state index contributed by atoms with van der Waals surface area (Å²) >= 11 is 0. The predicted octanol–water partition coefficient (Wildman–Crippen LogP) is -1.41. The van der Waals surface area contributed by atoms with Crippen molar-refractivity contribution in [2.45, 2.75) is 0 Å². The summed E-state index contributed by atoms with van der Waals surface area (Å²) in [5.74, 6) is 0. The molecule has 52 valence electrons. The number of H-pyrrole nitrogens is 1. The van der Waals surface area contributed by atoms with Crippen LogP contribution in [-0.4, -0.2) is 28.0 Å². The molecule has 0 atom stereocenters. The number of benzene rings is 1. The smallest absolute Gasteiger partial charge is 1.00 e. The van der Waals surface area contributed by atoms with E-state index < -0.39 is 0 Å². The summed E-state index contributed by atoms with van der Waals surface area (Å²) in [6.07, 6.45) is 1.82. The van der Waals surface area contributed by atoms with Gasteiger partial charge in [-0.15, -0.1) is 6.07 Å². The molecule has 0 bridgehead atoms. The van der Waals surface area contributed by atoms with Crippen LogP contribution in [0.15, 0.2) is 30.5 Å². The summed E-state index contributed by atoms with van der Waals surface area (Å²) in [4.78, 5) is 3.06. The van der Waals surface area contributed by atoms with E-state index in [-0.39, 0.29) is 47.0 Å². The number of fused-ring (bicyclic) bond motifs is 1. The van der Waals surface area contributed by atoms with Crippen molar-refractivity contribution >= 4 is 34.0 Å². The summed E-state index contributed by atoms with van der Waals surface area (Å²) < 4.78 is 0. The fourth-order valence-corrected chi connectivity index (χ4v) is 0.926. The van der Waals surface area contributed by atoms with Gasteiger partial charge in [-0.1, -0.05) is 23.8 Å². The Labute approximate surface area is 98.7 Å². The fourth-order valence-electron chi connectivity index (χ4n) is 0.926. The molecule has 1 aromatic heterocycles. The maximum absolute atomic E-state index is 3.06. The monoisotopic (exact) mass is 267 g/mol. The Kier molecular flexibility index (Phi) is 5.12. The molecular formula is C8H6IMgN. The summed E-state index contributed by atoms with van der Waals surface area (Å²) in [5.41, 5.74) is 1.15. The SMILES string of the molecule is [I-].[Mg+2].[c-]1c[nH]c2ccccc12. The molecule has 1 aromatic carbocycles. The number of para-hydroxylation sites is 1. The average molecular weight is 267 g/mol. The van der Waals surface area contributed by atoms with Crippen molar-refractivity contribution in [2.75, 3.05) is 0 Å². The van der Waals surface area contributed by atoms with Crippen LogP contribution in [0.4, 0.5) is 0 Å². The second kappa shape index (κ2) is 5.00. The van der Waals surface area contributed by atoms with Crippen LogP contribution in [0.2, 0.25) is 0 Å². The molecule has 2 aromatic rings. The van der Waals surface area contributed by atoms with Gasteiger partial charge in [-0.05, 0) is 0 Å². The van der Waals surface area contributed by atoms with Crippen molar-refractivity contribution in [3.8, 4) is 0 Å². The molecule has 0 spiro atoms. The Morgan fingerprint density at radius 2 is 1.91 bits per heavy atom. The zero-order chi connectivity index (χ0) is 6.10. The molecule has 2 rings (SSSR count). The Morgan fingerprint density at radius 1 is 1.18 bits per heavy atom. The van der Waals surface area contributed by atoms with Crippen molar-refractivity contribution in [2.24, 2.45) is 0 Å². The van der Waals surface area contributed by atoms with Crippen LogP contribution >= 0.6 is 0 Å². The summed E-state index contributed by atoms with van der Waals surface area (Å²) in [5, 5.41) is 1.15. The van der Waals surface area contributed by atoms with E-state index in [0.29, 0.717) is 0 Å². The summed E-state index contributed by atoms with van der Waals surface area (Å²) in [6.45, 7) is 0. The van der Waals surface area contributed by atoms with Gasteiger partial charge in [-0.3, -0.25) is 0 Å². The Hall–Kier alpha value is 0.256. The van der Waals surface area contributed by atoms with E-state index in [0.717, 1.165) is 10.9 Å². The van der Waals surface area contributed by atoms with Crippen molar-refractivity contribution in [1.29, 1.82) is 0 Å². The Morgan fingerprint density at radius 3 is 2.64 bits per heavy atom. The van der Waals surface area contributed by atoms with Gasteiger partial charge in [-0.25, -0.2) is 0 Å². The van der Waals surface area contributed by atoms with Crippen LogP contribution in [0.5, 0.6) is 0 Å². The Balaban J connectivity index is 0.000000500. The van der Waals surface area contributed by atoms with Gasteiger partial charge >= 0.3 is 23.1 Å². The van der Waals surface area contributed by atoms with Gasteiger partial charge in [0, 0.05) is 0 Å². The van der Waals surface area contributed by atoms with E-state index in [9.17, 15) is 0 Å². The number of nitrogens with one attached hydrogen (secondary N) is 1. The first-order valence-corrected chi connectivity index (χ1v) is 2.90. The van der Waals surface area contributed by atoms with Crippen LogP contribution in [0, 0.1) is 6.07 Å². The number of rotatable bonds is 0. The third kappa shape index (κ3) is 2.35. The number of halogens is 1. The Bertz CT molecular complexity index is 288. The van der Waals surface area contributed by atoms with E-state index in [2.05, 4.69) is 11.1 Å². The molecule has 1 heterocycles. The maximum Gasteiger partial charge on any atom is 2.00 e. The van der Waals surface area contributed by atoms with Crippen molar-refractivity contribution in [3.63, 3.8) is 0 Å². The molecular weight excluding hydrogens is 261 g/mol. The van der Waals surface area contributed by atoms with E-state index in [4.69, 9.17) is 0 Å². The second-order valence-electron chi connectivity index (χ2n) is 1.98. The van der Waals surface area contributed by atoms with Crippen molar-refractivity contribution < 1.29 is 24.0 Å². The van der Waals surface area contributed by atoms with Crippen LogP contribution < -0.4 is 24.0 Å². The normalized spacial score (nSPS) is 8.36. The first-order valence-electron chi connectivity index (χ1n) is 2.90. The molecule has 1 N–H and O–H groups in total. The van der Waals surface area contributed by atoms with Crippen LogP contribution in [-0.2, 0) is 0 Å². The molecule has 0 aliphatic rings. The molecule has 0 fully saturated rings. The average Bonchev–Trinajstić information content (AvgIpc) is 2.33. The quantitative estimate of drug-likeness (QED) is 0.343. The number of aromatic nitrogens is 1. The summed E-state index contributed by atoms with van der Waals surface area (Å²) in [6, 6.07) is 11.1. The van der Waals surface area contributed by atoms with Gasteiger partial charge in [0.05, 0.1) is 0 Å². The topological polar surface area (TPSA) is 15.8 Å². The minimum atomic E-state index is 0. The third-order valence-electron chi connectivity index (χ3n) is 1.38. The van der Waals surface area contributed by atoms with Crippen LogP contribution in [0.1, 0.15) is 0 Å². The van der Waals surface area contributed by atoms with Gasteiger partial charge < -0.3 is 29.0 Å². The minimum absolute atomic E-state index is 0. The molecule has 0 aliphatic carbocycles. The number of aromatic amines is 1. The zero-order valence-corrected chi connectivity index (χ0v) is 9.54. The molecule has 0 saturated heterocycles. The minimum Gasteiger partial charge on any atom is -1.00 e. The van der Waals surface area contributed by atoms with E-state index in [1.54, 1.807) is 0 Å². The van der Waals surface area contributed by atoms with Gasteiger partial charge in [0.1, 0.15) is 0 Å². The molecule has 0 saturated carbocycles. The first-order chi connectivity index (χ1) is 4.47. The van der Waals surface area contributed by atoms with E-state index >= 15 is 0 Å².